The number of carbonyl (C=O) groups excluding carboxylic acids is 2. The molecule has 2 aromatic rings. The molecule has 7 nitrogen and oxygen atoms in total. The number of nitrogens with one attached hydrogen (secondary N) is 2. The first-order chi connectivity index (χ1) is 13.6. The van der Waals surface area contributed by atoms with Crippen LogP contribution < -0.4 is 10.0 Å². The predicted molar refractivity (Wildman–Crippen MR) is 115 cm³/mol. The number of amides is 1. The molecule has 2 rings (SSSR count). The summed E-state index contributed by atoms with van der Waals surface area (Å²) in [5.41, 5.74) is 0.596. The number of anilines is 2. The van der Waals surface area contributed by atoms with Crippen molar-refractivity contribution in [3.05, 3.63) is 47.0 Å². The number of ether oxygens (including phenoxy) is 1. The van der Waals surface area contributed by atoms with Gasteiger partial charge in [-0.1, -0.05) is 25.4 Å². The van der Waals surface area contributed by atoms with Crippen LogP contribution in [0.5, 0.6) is 0 Å². The first-order valence-corrected chi connectivity index (χ1v) is 11.6. The number of methoxy groups -OCH3 is 1. The van der Waals surface area contributed by atoms with Gasteiger partial charge in [0.15, 0.2) is 0 Å². The van der Waals surface area contributed by atoms with Crippen LogP contribution in [0.25, 0.3) is 0 Å². The van der Waals surface area contributed by atoms with Gasteiger partial charge >= 0.3 is 5.97 Å². The lowest BCUT2D eigenvalue weighted by molar-refractivity contribution is -0.118. The quantitative estimate of drug-likeness (QED) is 0.477. The van der Waals surface area contributed by atoms with Crippen LogP contribution in [0.15, 0.2) is 46.2 Å². The summed E-state index contributed by atoms with van der Waals surface area (Å²) in [6.07, 6.45) is 1.83. The molecule has 0 saturated carbocycles. The first-order valence-electron chi connectivity index (χ1n) is 8.48. The van der Waals surface area contributed by atoms with Crippen LogP contribution in [0.4, 0.5) is 11.4 Å². The second kappa shape index (κ2) is 9.51. The van der Waals surface area contributed by atoms with Crippen LogP contribution in [0.2, 0.25) is 5.02 Å². The highest BCUT2D eigenvalue weighted by atomic mass is 35.5. The summed E-state index contributed by atoms with van der Waals surface area (Å²) in [6, 6.07) is 8.59. The Morgan fingerprint density at radius 1 is 1.14 bits per heavy atom. The van der Waals surface area contributed by atoms with Crippen molar-refractivity contribution in [1.29, 1.82) is 0 Å². The van der Waals surface area contributed by atoms with Crippen molar-refractivity contribution in [1.82, 2.24) is 0 Å². The molecule has 10 heteroatoms. The summed E-state index contributed by atoms with van der Waals surface area (Å²) in [7, 11) is -2.78. The number of carbonyl (C=O) groups is 2. The molecular formula is C19H21ClN2O5S2. The molecule has 0 aliphatic heterocycles. The van der Waals surface area contributed by atoms with E-state index in [4.69, 9.17) is 11.6 Å². The van der Waals surface area contributed by atoms with Gasteiger partial charge in [-0.3, -0.25) is 9.52 Å². The Bertz CT molecular complexity index is 1040. The van der Waals surface area contributed by atoms with Crippen molar-refractivity contribution in [3.63, 3.8) is 0 Å². The van der Waals surface area contributed by atoms with Crippen molar-refractivity contribution in [2.45, 2.75) is 23.6 Å². The molecule has 0 heterocycles. The highest BCUT2D eigenvalue weighted by Gasteiger charge is 2.19. The standard InChI is InChI=1S/C19H21ClN2O5S2/c1-11(2)18(23)21-16-10-13(6-8-17(16)28-4)29(25,26)22-12-5-7-15(20)14(9-12)19(24)27-3/h5-11,22H,1-4H3,(H,21,23). The van der Waals surface area contributed by atoms with E-state index in [1.807, 2.05) is 6.26 Å². The third-order valence-electron chi connectivity index (χ3n) is 3.89. The van der Waals surface area contributed by atoms with Gasteiger partial charge in [0.05, 0.1) is 28.3 Å². The van der Waals surface area contributed by atoms with Crippen LogP contribution in [0.1, 0.15) is 24.2 Å². The summed E-state index contributed by atoms with van der Waals surface area (Å²) >= 11 is 7.35. The molecule has 0 radical (unpaired) electrons. The molecule has 0 bridgehead atoms. The van der Waals surface area contributed by atoms with Crippen molar-refractivity contribution in [3.8, 4) is 0 Å². The zero-order chi connectivity index (χ0) is 21.8. The third kappa shape index (κ3) is 5.65. The highest BCUT2D eigenvalue weighted by Crippen LogP contribution is 2.30. The maximum Gasteiger partial charge on any atom is 0.339 e. The topological polar surface area (TPSA) is 102 Å². The lowest BCUT2D eigenvalue weighted by atomic mass is 10.2. The molecule has 0 saturated heterocycles. The summed E-state index contributed by atoms with van der Waals surface area (Å²) in [5.74, 6) is -1.16. The second-order valence-electron chi connectivity index (χ2n) is 6.30. The number of thioether (sulfide) groups is 1. The molecule has 156 valence electrons. The highest BCUT2D eigenvalue weighted by molar-refractivity contribution is 7.98. The third-order valence-corrected chi connectivity index (χ3v) is 6.39. The minimum absolute atomic E-state index is 0.0380. The molecule has 2 N–H and O–H groups in total. The molecule has 0 aliphatic carbocycles. The fourth-order valence-corrected chi connectivity index (χ4v) is 4.10. The molecule has 0 spiro atoms. The number of halogens is 1. The largest absolute Gasteiger partial charge is 0.465 e. The van der Waals surface area contributed by atoms with E-state index in [2.05, 4.69) is 14.8 Å². The van der Waals surface area contributed by atoms with E-state index in [0.29, 0.717) is 5.69 Å². The van der Waals surface area contributed by atoms with Gasteiger partial charge in [0, 0.05) is 16.5 Å². The van der Waals surface area contributed by atoms with Crippen LogP contribution >= 0.6 is 23.4 Å². The van der Waals surface area contributed by atoms with E-state index >= 15 is 0 Å². The normalized spacial score (nSPS) is 11.2. The summed E-state index contributed by atoms with van der Waals surface area (Å²) in [5, 5.41) is 2.89. The van der Waals surface area contributed by atoms with Crippen molar-refractivity contribution >= 4 is 56.6 Å². The number of hydrogen-bond donors (Lipinski definition) is 2. The van der Waals surface area contributed by atoms with Gasteiger partial charge in [-0.25, -0.2) is 13.2 Å². The number of rotatable bonds is 7. The van der Waals surface area contributed by atoms with Crippen molar-refractivity contribution < 1.29 is 22.7 Å². The molecule has 0 atom stereocenters. The molecule has 1 amide bonds. The van der Waals surface area contributed by atoms with Crippen molar-refractivity contribution in [2.24, 2.45) is 5.92 Å². The minimum Gasteiger partial charge on any atom is -0.465 e. The first kappa shape index (κ1) is 23.1. The fourth-order valence-electron chi connectivity index (χ4n) is 2.30. The van der Waals surface area contributed by atoms with Gasteiger partial charge in [0.2, 0.25) is 5.91 Å². The average molecular weight is 457 g/mol. The summed E-state index contributed by atoms with van der Waals surface area (Å²) in [4.78, 5) is 24.5. The molecule has 0 aliphatic rings. The number of hydrogen-bond acceptors (Lipinski definition) is 6. The van der Waals surface area contributed by atoms with Crippen LogP contribution in [0, 0.1) is 5.92 Å². The summed E-state index contributed by atoms with van der Waals surface area (Å²) < 4.78 is 32.7. The van der Waals surface area contributed by atoms with E-state index in [9.17, 15) is 18.0 Å². The van der Waals surface area contributed by atoms with Crippen LogP contribution in [0.3, 0.4) is 0 Å². The Kier molecular flexibility index (Phi) is 7.56. The maximum absolute atomic E-state index is 12.8. The zero-order valence-corrected chi connectivity index (χ0v) is 18.7. The van der Waals surface area contributed by atoms with E-state index in [1.54, 1.807) is 19.9 Å². The predicted octanol–water partition coefficient (Wildman–Crippen LogP) is 4.24. The molecule has 0 fully saturated rings. The Balaban J connectivity index is 2.38. The Hall–Kier alpha value is -2.23. The van der Waals surface area contributed by atoms with E-state index in [-0.39, 0.29) is 33.0 Å². The fraction of sp³-hybridized carbons (Fsp3) is 0.263. The molecule has 2 aromatic carbocycles. The van der Waals surface area contributed by atoms with Crippen LogP contribution in [-0.4, -0.2) is 33.7 Å². The second-order valence-corrected chi connectivity index (χ2v) is 9.24. The lowest BCUT2D eigenvalue weighted by Gasteiger charge is -2.14. The SMILES string of the molecule is COC(=O)c1cc(NS(=O)(=O)c2ccc(SC)c(NC(=O)C(C)C)c2)ccc1Cl. The Morgan fingerprint density at radius 2 is 1.83 bits per heavy atom. The van der Waals surface area contributed by atoms with Gasteiger partial charge in [-0.2, -0.15) is 0 Å². The van der Waals surface area contributed by atoms with Gasteiger partial charge in [-0.05, 0) is 42.7 Å². The van der Waals surface area contributed by atoms with Gasteiger partial charge in [0.25, 0.3) is 10.0 Å². The Morgan fingerprint density at radius 3 is 2.41 bits per heavy atom. The maximum atomic E-state index is 12.8. The number of esters is 1. The van der Waals surface area contributed by atoms with E-state index < -0.39 is 16.0 Å². The van der Waals surface area contributed by atoms with Gasteiger partial charge < -0.3 is 10.1 Å². The average Bonchev–Trinajstić information content (AvgIpc) is 2.68. The minimum atomic E-state index is -3.98. The number of benzene rings is 2. The monoisotopic (exact) mass is 456 g/mol. The zero-order valence-electron chi connectivity index (χ0n) is 16.3. The lowest BCUT2D eigenvalue weighted by Crippen LogP contribution is -2.19. The number of sulfonamides is 1. The summed E-state index contributed by atoms with van der Waals surface area (Å²) in [6.45, 7) is 3.49. The Labute approximate surface area is 179 Å². The smallest absolute Gasteiger partial charge is 0.339 e. The van der Waals surface area contributed by atoms with E-state index in [1.165, 1.54) is 49.2 Å². The van der Waals surface area contributed by atoms with Crippen LogP contribution in [-0.2, 0) is 19.6 Å². The van der Waals surface area contributed by atoms with Crippen molar-refractivity contribution in [2.75, 3.05) is 23.4 Å². The molecule has 0 aromatic heterocycles. The van der Waals surface area contributed by atoms with Gasteiger partial charge in [0.1, 0.15) is 0 Å². The molecule has 0 unspecified atom stereocenters. The van der Waals surface area contributed by atoms with Gasteiger partial charge in [-0.15, -0.1) is 11.8 Å². The molecular weight excluding hydrogens is 436 g/mol. The van der Waals surface area contributed by atoms with E-state index in [0.717, 1.165) is 4.90 Å². The molecule has 29 heavy (non-hydrogen) atoms.